The molecule has 0 bridgehead atoms. The number of carbonyl (C=O) groups is 2. The molecule has 152 valence electrons. The molecule has 0 fully saturated rings. The number of halogens is 1. The number of anilines is 1. The molecule has 0 radical (unpaired) electrons. The standard InChI is InChI=1S/C24H16FN3O3/c25-17-8-4-7-16(13-17)22-19-20(14-5-2-1-3-6-14)26-27-21(19)23(29)28(22)18-11-9-15(10-12-18)24(30)31/h1-13,22H,(H,26,27)(H,30,31). The maximum absolute atomic E-state index is 14.1. The van der Waals surface area contributed by atoms with Gasteiger partial charge in [0, 0.05) is 16.8 Å². The van der Waals surface area contributed by atoms with Crippen LogP contribution in [0.25, 0.3) is 11.3 Å². The second kappa shape index (κ2) is 7.21. The molecule has 6 nitrogen and oxygen atoms in total. The second-order valence-electron chi connectivity index (χ2n) is 7.21. The van der Waals surface area contributed by atoms with Crippen LogP contribution >= 0.6 is 0 Å². The number of aromatic carboxylic acids is 1. The monoisotopic (exact) mass is 413 g/mol. The Kier molecular flexibility index (Phi) is 4.36. The molecule has 1 aliphatic heterocycles. The number of fused-ring (bicyclic) bond motifs is 1. The van der Waals surface area contributed by atoms with Crippen LogP contribution in [0.15, 0.2) is 78.9 Å². The molecule has 5 rings (SSSR count). The number of nitrogens with one attached hydrogen (secondary N) is 1. The zero-order chi connectivity index (χ0) is 21.5. The highest BCUT2D eigenvalue weighted by molar-refractivity contribution is 6.11. The van der Waals surface area contributed by atoms with E-state index in [0.717, 1.165) is 5.56 Å². The average molecular weight is 413 g/mol. The minimum atomic E-state index is -1.05. The van der Waals surface area contributed by atoms with Gasteiger partial charge in [-0.25, -0.2) is 9.18 Å². The second-order valence-corrected chi connectivity index (χ2v) is 7.21. The van der Waals surface area contributed by atoms with Crippen LogP contribution in [0.5, 0.6) is 0 Å². The van der Waals surface area contributed by atoms with Crippen molar-refractivity contribution in [2.24, 2.45) is 0 Å². The molecule has 4 aromatic rings. The Morgan fingerprint density at radius 1 is 1.00 bits per heavy atom. The first-order chi connectivity index (χ1) is 15.0. The van der Waals surface area contributed by atoms with E-state index in [0.29, 0.717) is 28.2 Å². The molecule has 0 saturated carbocycles. The van der Waals surface area contributed by atoms with E-state index in [1.54, 1.807) is 24.3 Å². The van der Waals surface area contributed by atoms with Gasteiger partial charge in [-0.05, 0) is 42.0 Å². The van der Waals surface area contributed by atoms with Crippen molar-refractivity contribution < 1.29 is 19.1 Å². The lowest BCUT2D eigenvalue weighted by molar-refractivity contribution is 0.0696. The molecule has 31 heavy (non-hydrogen) atoms. The summed E-state index contributed by atoms with van der Waals surface area (Å²) >= 11 is 0. The number of hydrogen-bond acceptors (Lipinski definition) is 3. The molecule has 1 amide bonds. The average Bonchev–Trinajstić information content (AvgIpc) is 3.33. The van der Waals surface area contributed by atoms with Crippen LogP contribution in [0.1, 0.15) is 38.0 Å². The highest BCUT2D eigenvalue weighted by atomic mass is 19.1. The number of carbonyl (C=O) groups excluding carboxylic acids is 1. The molecule has 2 heterocycles. The van der Waals surface area contributed by atoms with Gasteiger partial charge in [0.1, 0.15) is 11.5 Å². The summed E-state index contributed by atoms with van der Waals surface area (Å²) in [4.78, 5) is 26.1. The van der Waals surface area contributed by atoms with Gasteiger partial charge in [0.25, 0.3) is 5.91 Å². The summed E-state index contributed by atoms with van der Waals surface area (Å²) in [7, 11) is 0. The Morgan fingerprint density at radius 2 is 1.74 bits per heavy atom. The number of carboxylic acid groups (broad SMARTS) is 1. The molecule has 0 aliphatic carbocycles. The zero-order valence-electron chi connectivity index (χ0n) is 16.1. The number of rotatable bonds is 4. The highest BCUT2D eigenvalue weighted by Crippen LogP contribution is 2.45. The first-order valence-corrected chi connectivity index (χ1v) is 9.60. The van der Waals surface area contributed by atoms with Gasteiger partial charge in [-0.1, -0.05) is 42.5 Å². The number of carboxylic acids is 1. The summed E-state index contributed by atoms with van der Waals surface area (Å²) < 4.78 is 14.1. The quantitative estimate of drug-likeness (QED) is 0.509. The van der Waals surface area contributed by atoms with Crippen LogP contribution in [-0.4, -0.2) is 27.2 Å². The number of nitrogens with zero attached hydrogens (tertiary/aromatic N) is 2. The fraction of sp³-hybridized carbons (Fsp3) is 0.0417. The molecule has 2 N–H and O–H groups in total. The molecule has 7 heteroatoms. The molecule has 0 saturated heterocycles. The topological polar surface area (TPSA) is 86.3 Å². The van der Waals surface area contributed by atoms with Crippen molar-refractivity contribution in [2.45, 2.75) is 6.04 Å². The Bertz CT molecular complexity index is 1300. The van der Waals surface area contributed by atoms with Gasteiger partial charge in [0.2, 0.25) is 0 Å². The minimum Gasteiger partial charge on any atom is -0.478 e. The number of H-pyrrole nitrogens is 1. The maximum atomic E-state index is 14.1. The lowest BCUT2D eigenvalue weighted by atomic mass is 9.95. The summed E-state index contributed by atoms with van der Waals surface area (Å²) in [5.74, 6) is -1.78. The lowest BCUT2D eigenvalue weighted by Gasteiger charge is -2.26. The van der Waals surface area contributed by atoms with Gasteiger partial charge in [-0.3, -0.25) is 14.8 Å². The van der Waals surface area contributed by atoms with Crippen LogP contribution in [0.2, 0.25) is 0 Å². The van der Waals surface area contributed by atoms with Gasteiger partial charge < -0.3 is 5.11 Å². The fourth-order valence-electron chi connectivity index (χ4n) is 3.99. The Morgan fingerprint density at radius 3 is 2.42 bits per heavy atom. The predicted octanol–water partition coefficient (Wildman–Crippen LogP) is 4.66. The van der Waals surface area contributed by atoms with E-state index in [9.17, 15) is 19.1 Å². The van der Waals surface area contributed by atoms with Gasteiger partial charge >= 0.3 is 5.97 Å². The van der Waals surface area contributed by atoms with Crippen molar-refractivity contribution in [1.82, 2.24) is 10.2 Å². The van der Waals surface area contributed by atoms with Crippen molar-refractivity contribution in [3.05, 3.63) is 107 Å². The normalized spacial score (nSPS) is 15.2. The first kappa shape index (κ1) is 18.7. The van der Waals surface area contributed by atoms with E-state index in [4.69, 9.17) is 0 Å². The van der Waals surface area contributed by atoms with Gasteiger partial charge in [-0.2, -0.15) is 5.10 Å². The number of aromatic nitrogens is 2. The summed E-state index contributed by atoms with van der Waals surface area (Å²) in [6.45, 7) is 0. The molecular formula is C24H16FN3O3. The van der Waals surface area contributed by atoms with E-state index in [2.05, 4.69) is 10.2 Å². The van der Waals surface area contributed by atoms with E-state index in [-0.39, 0.29) is 11.5 Å². The van der Waals surface area contributed by atoms with Gasteiger partial charge in [0.15, 0.2) is 0 Å². The highest BCUT2D eigenvalue weighted by Gasteiger charge is 2.43. The van der Waals surface area contributed by atoms with Gasteiger partial charge in [-0.15, -0.1) is 0 Å². The molecular weight excluding hydrogens is 397 g/mol. The van der Waals surface area contributed by atoms with Crippen LogP contribution in [0.3, 0.4) is 0 Å². The SMILES string of the molecule is O=C(O)c1ccc(N2C(=O)c3[nH]nc(-c4ccccc4)c3C2c2cccc(F)c2)cc1. The smallest absolute Gasteiger partial charge is 0.335 e. The Labute approximate surface area is 176 Å². The number of benzene rings is 3. The lowest BCUT2D eigenvalue weighted by Crippen LogP contribution is -2.29. The minimum absolute atomic E-state index is 0.114. The number of aromatic amines is 1. The molecule has 1 aliphatic rings. The molecule has 1 unspecified atom stereocenters. The largest absolute Gasteiger partial charge is 0.478 e. The fourth-order valence-corrected chi connectivity index (χ4v) is 3.99. The first-order valence-electron chi connectivity index (χ1n) is 9.60. The zero-order valence-corrected chi connectivity index (χ0v) is 16.1. The van der Waals surface area contributed by atoms with Crippen molar-refractivity contribution in [3.63, 3.8) is 0 Å². The van der Waals surface area contributed by atoms with E-state index >= 15 is 0 Å². The molecule has 0 spiro atoms. The van der Waals surface area contributed by atoms with Crippen molar-refractivity contribution in [2.75, 3.05) is 4.90 Å². The van der Waals surface area contributed by atoms with Crippen LogP contribution in [0, 0.1) is 5.82 Å². The Hall–Kier alpha value is -4.26. The molecule has 1 atom stereocenters. The molecule has 3 aromatic carbocycles. The van der Waals surface area contributed by atoms with E-state index in [1.165, 1.54) is 29.2 Å². The van der Waals surface area contributed by atoms with Crippen molar-refractivity contribution >= 4 is 17.6 Å². The third-order valence-electron chi connectivity index (χ3n) is 5.37. The summed E-state index contributed by atoms with van der Waals surface area (Å²) in [6.07, 6.45) is 0. The number of hydrogen-bond donors (Lipinski definition) is 2. The Balaban J connectivity index is 1.70. The van der Waals surface area contributed by atoms with Crippen LogP contribution in [0.4, 0.5) is 10.1 Å². The van der Waals surface area contributed by atoms with E-state index < -0.39 is 17.8 Å². The predicted molar refractivity (Wildman–Crippen MR) is 112 cm³/mol. The van der Waals surface area contributed by atoms with E-state index in [1.807, 2.05) is 30.3 Å². The number of amides is 1. The van der Waals surface area contributed by atoms with Crippen LogP contribution in [-0.2, 0) is 0 Å². The van der Waals surface area contributed by atoms with Gasteiger partial charge in [0.05, 0.1) is 17.3 Å². The summed E-state index contributed by atoms with van der Waals surface area (Å²) in [5.41, 5.74) is 3.64. The summed E-state index contributed by atoms with van der Waals surface area (Å²) in [6, 6.07) is 21.0. The maximum Gasteiger partial charge on any atom is 0.335 e. The molecule has 1 aromatic heterocycles. The third-order valence-corrected chi connectivity index (χ3v) is 5.37. The summed E-state index contributed by atoms with van der Waals surface area (Å²) in [5, 5.41) is 16.4. The third kappa shape index (κ3) is 3.07. The van der Waals surface area contributed by atoms with Crippen molar-refractivity contribution in [1.29, 1.82) is 0 Å². The van der Waals surface area contributed by atoms with Crippen molar-refractivity contribution in [3.8, 4) is 11.3 Å². The van der Waals surface area contributed by atoms with Crippen LogP contribution < -0.4 is 4.90 Å².